The fourth-order valence-corrected chi connectivity index (χ4v) is 8.61. The molecule has 0 saturated carbocycles. The molecule has 0 bridgehead atoms. The van der Waals surface area contributed by atoms with Gasteiger partial charge in [-0.05, 0) is 15.4 Å². The highest BCUT2D eigenvalue weighted by Crippen LogP contribution is 2.37. The highest BCUT2D eigenvalue weighted by atomic mass is 28.4. The maximum Gasteiger partial charge on any atom is 0.261 e. The number of hydrogen-bond donors (Lipinski definition) is 4. The molecule has 2 aromatic rings. The van der Waals surface area contributed by atoms with E-state index < -0.39 is 39.0 Å². The molecule has 1 saturated heterocycles. The Hall–Kier alpha value is -1.58. The van der Waals surface area contributed by atoms with Crippen molar-refractivity contribution < 1.29 is 29.6 Å². The highest BCUT2D eigenvalue weighted by Gasteiger charge is 2.52. The van der Waals surface area contributed by atoms with Crippen LogP contribution in [0.5, 0.6) is 0 Å². The number of hydrogen-bond acceptors (Lipinski definition) is 6. The summed E-state index contributed by atoms with van der Waals surface area (Å²) in [6, 6.07) is 20.0. The molecule has 4 N–H and O–H groups in total. The molecule has 1 fully saturated rings. The lowest BCUT2D eigenvalue weighted by Crippen LogP contribution is -2.68. The molecule has 3 rings (SSSR count). The van der Waals surface area contributed by atoms with Crippen LogP contribution in [-0.2, 0) is 9.16 Å². The Morgan fingerprint density at radius 1 is 0.793 bits per heavy atom. The molecule has 0 aromatic heterocycles. The van der Waals surface area contributed by atoms with Crippen molar-refractivity contribution in [1.82, 2.24) is 0 Å². The minimum atomic E-state index is -2.84. The minimum Gasteiger partial charge on any atom is -0.405 e. The lowest BCUT2D eigenvalue weighted by atomic mass is 10.00. The molecule has 2 aromatic carbocycles. The van der Waals surface area contributed by atoms with Crippen molar-refractivity contribution in [3.63, 3.8) is 0 Å². The number of benzene rings is 2. The van der Waals surface area contributed by atoms with Gasteiger partial charge in [0.2, 0.25) is 0 Å². The molecule has 0 amide bonds. The lowest BCUT2D eigenvalue weighted by Gasteiger charge is -2.45. The van der Waals surface area contributed by atoms with Crippen LogP contribution in [-0.4, -0.2) is 66.1 Å². The second kappa shape index (κ2) is 8.65. The quantitative estimate of drug-likeness (QED) is 0.524. The van der Waals surface area contributed by atoms with Gasteiger partial charge in [-0.3, -0.25) is 0 Å². The van der Waals surface area contributed by atoms with Crippen molar-refractivity contribution in [3.8, 4) is 0 Å². The largest absolute Gasteiger partial charge is 0.405 e. The van der Waals surface area contributed by atoms with Crippen molar-refractivity contribution in [1.29, 1.82) is 0 Å². The van der Waals surface area contributed by atoms with E-state index in [1.165, 1.54) is 0 Å². The smallest absolute Gasteiger partial charge is 0.261 e. The third-order valence-corrected chi connectivity index (χ3v) is 10.6. The van der Waals surface area contributed by atoms with E-state index in [1.807, 2.05) is 36.4 Å². The first kappa shape index (κ1) is 22.1. The van der Waals surface area contributed by atoms with Gasteiger partial charge in [-0.1, -0.05) is 81.4 Å². The fraction of sp³-hybridized carbons (Fsp3) is 0.455. The van der Waals surface area contributed by atoms with Crippen molar-refractivity contribution >= 4 is 18.7 Å². The summed E-state index contributed by atoms with van der Waals surface area (Å²) in [5.41, 5.74) is 0. The van der Waals surface area contributed by atoms with E-state index in [2.05, 4.69) is 45.0 Å². The predicted octanol–water partition coefficient (Wildman–Crippen LogP) is 0.363. The summed E-state index contributed by atoms with van der Waals surface area (Å²) in [5, 5.41) is 41.9. The van der Waals surface area contributed by atoms with Gasteiger partial charge in [-0.15, -0.1) is 0 Å². The Morgan fingerprint density at radius 3 is 1.72 bits per heavy atom. The molecule has 0 aliphatic carbocycles. The maximum atomic E-state index is 10.4. The van der Waals surface area contributed by atoms with Gasteiger partial charge in [0.05, 0.1) is 6.61 Å². The van der Waals surface area contributed by atoms with Crippen LogP contribution in [0, 0.1) is 0 Å². The first-order valence-corrected chi connectivity index (χ1v) is 11.7. The van der Waals surface area contributed by atoms with Gasteiger partial charge < -0.3 is 29.6 Å². The molecule has 1 aliphatic heterocycles. The molecule has 0 unspecified atom stereocenters. The van der Waals surface area contributed by atoms with Crippen LogP contribution < -0.4 is 10.4 Å². The van der Waals surface area contributed by atoms with Gasteiger partial charge in [0.25, 0.3) is 8.32 Å². The van der Waals surface area contributed by atoms with Crippen molar-refractivity contribution in [2.45, 2.75) is 56.5 Å². The average Bonchev–Trinajstić information content (AvgIpc) is 2.71. The van der Waals surface area contributed by atoms with Crippen molar-refractivity contribution in [2.24, 2.45) is 0 Å². The fourth-order valence-electron chi connectivity index (χ4n) is 4.04. The SMILES string of the molecule is CC(C)(C)[Si](OC[C@H]1O[C@@H](O)[C@H](O)[C@@H](O)[C@@H]1O)(c1ccccc1)c1ccccc1. The topological polar surface area (TPSA) is 99.4 Å². The summed E-state index contributed by atoms with van der Waals surface area (Å²) < 4.78 is 12.0. The molecule has 158 valence electrons. The van der Waals surface area contributed by atoms with Gasteiger partial charge in [-0.2, -0.15) is 0 Å². The average molecular weight is 419 g/mol. The standard InChI is InChI=1S/C22H30O6Si/c1-22(2,3)29(15-10-6-4-7-11-15,16-12-8-5-9-13-16)27-14-17-18(23)19(24)20(25)21(26)28-17/h4-13,17-21,23-26H,14H2,1-3H3/t17-,18-,19+,20-,21-/m1/s1. The third kappa shape index (κ3) is 4.18. The zero-order valence-corrected chi connectivity index (χ0v) is 18.0. The molecule has 29 heavy (non-hydrogen) atoms. The molecule has 5 atom stereocenters. The number of ether oxygens (including phenoxy) is 1. The maximum absolute atomic E-state index is 10.4. The van der Waals surface area contributed by atoms with Crippen LogP contribution in [0.3, 0.4) is 0 Å². The monoisotopic (exact) mass is 418 g/mol. The normalized spacial score (nSPS) is 28.3. The van der Waals surface area contributed by atoms with E-state index in [0.717, 1.165) is 10.4 Å². The van der Waals surface area contributed by atoms with Gasteiger partial charge >= 0.3 is 0 Å². The zero-order valence-electron chi connectivity index (χ0n) is 17.0. The van der Waals surface area contributed by atoms with Gasteiger partial charge in [0, 0.05) is 0 Å². The molecular formula is C22H30O6Si. The van der Waals surface area contributed by atoms with Gasteiger partial charge in [0.15, 0.2) is 6.29 Å². The Morgan fingerprint density at radius 2 is 1.28 bits per heavy atom. The van der Waals surface area contributed by atoms with E-state index in [-0.39, 0.29) is 11.6 Å². The molecule has 0 radical (unpaired) electrons. The second-order valence-corrected chi connectivity index (χ2v) is 12.8. The summed E-state index contributed by atoms with van der Waals surface area (Å²) in [7, 11) is -2.84. The molecule has 1 heterocycles. The summed E-state index contributed by atoms with van der Waals surface area (Å²) in [5.74, 6) is 0. The summed E-state index contributed by atoms with van der Waals surface area (Å²) >= 11 is 0. The Bertz CT molecular complexity index is 739. The molecular weight excluding hydrogens is 388 g/mol. The van der Waals surface area contributed by atoms with E-state index in [9.17, 15) is 20.4 Å². The van der Waals surface area contributed by atoms with Crippen LogP contribution in [0.2, 0.25) is 5.04 Å². The van der Waals surface area contributed by atoms with Crippen LogP contribution in [0.1, 0.15) is 20.8 Å². The van der Waals surface area contributed by atoms with E-state index >= 15 is 0 Å². The predicted molar refractivity (Wildman–Crippen MR) is 112 cm³/mol. The molecule has 0 spiro atoms. The van der Waals surface area contributed by atoms with Crippen LogP contribution in [0.25, 0.3) is 0 Å². The summed E-state index contributed by atoms with van der Waals surface area (Å²) in [4.78, 5) is 0. The van der Waals surface area contributed by atoms with E-state index in [4.69, 9.17) is 9.16 Å². The first-order valence-electron chi connectivity index (χ1n) is 9.81. The second-order valence-electron chi connectivity index (χ2n) is 8.51. The summed E-state index contributed by atoms with van der Waals surface area (Å²) in [6.07, 6.45) is -6.99. The van der Waals surface area contributed by atoms with Crippen LogP contribution in [0.4, 0.5) is 0 Å². The number of aliphatic hydroxyl groups excluding tert-OH is 4. The Labute approximate surface area is 172 Å². The molecule has 1 aliphatic rings. The molecule has 6 nitrogen and oxygen atoms in total. The van der Waals surface area contributed by atoms with Crippen LogP contribution >= 0.6 is 0 Å². The van der Waals surface area contributed by atoms with E-state index in [1.54, 1.807) is 0 Å². The highest BCUT2D eigenvalue weighted by molar-refractivity contribution is 6.99. The van der Waals surface area contributed by atoms with Gasteiger partial charge in [0.1, 0.15) is 24.4 Å². The number of aliphatic hydroxyl groups is 4. The van der Waals surface area contributed by atoms with Crippen molar-refractivity contribution in [3.05, 3.63) is 60.7 Å². The van der Waals surface area contributed by atoms with Crippen LogP contribution in [0.15, 0.2) is 60.7 Å². The van der Waals surface area contributed by atoms with Crippen molar-refractivity contribution in [2.75, 3.05) is 6.61 Å². The zero-order chi connectivity index (χ0) is 21.2. The molecule has 7 heteroatoms. The van der Waals surface area contributed by atoms with E-state index in [0.29, 0.717) is 0 Å². The Balaban J connectivity index is 2.00. The number of rotatable bonds is 5. The van der Waals surface area contributed by atoms with Gasteiger partial charge in [-0.25, -0.2) is 0 Å². The Kier molecular flexibility index (Phi) is 6.60. The lowest BCUT2D eigenvalue weighted by molar-refractivity contribution is -0.285. The minimum absolute atomic E-state index is 0.0325. The summed E-state index contributed by atoms with van der Waals surface area (Å²) in [6.45, 7) is 6.36. The first-order chi connectivity index (χ1) is 13.7. The third-order valence-electron chi connectivity index (χ3n) is 5.57.